The molecule has 0 fully saturated rings. The molecule has 2 heterocycles. The van der Waals surface area contributed by atoms with E-state index in [2.05, 4.69) is 30.1 Å². The van der Waals surface area contributed by atoms with Gasteiger partial charge >= 0.3 is 0 Å². The lowest BCUT2D eigenvalue weighted by Gasteiger charge is -2.04. The molecule has 3 nitrogen and oxygen atoms in total. The van der Waals surface area contributed by atoms with Gasteiger partial charge in [-0.3, -0.25) is 4.40 Å². The second-order valence-electron chi connectivity index (χ2n) is 3.69. The topological polar surface area (TPSA) is 30.2 Å². The minimum atomic E-state index is 0.655. The summed E-state index contributed by atoms with van der Waals surface area (Å²) >= 11 is 0. The highest BCUT2D eigenvalue weighted by atomic mass is 15.2. The fourth-order valence-electron chi connectivity index (χ4n) is 1.51. The molecule has 3 heteroatoms. The largest absolute Gasteiger partial charge is 0.289 e. The van der Waals surface area contributed by atoms with Gasteiger partial charge in [-0.25, -0.2) is 0 Å². The minimum Gasteiger partial charge on any atom is -0.289 e. The Morgan fingerprint density at radius 1 is 1.46 bits per heavy atom. The van der Waals surface area contributed by atoms with E-state index in [1.54, 1.807) is 6.33 Å². The number of aromatic nitrogens is 3. The molecular formula is C10H13N3. The Kier molecular flexibility index (Phi) is 2.00. The summed E-state index contributed by atoms with van der Waals surface area (Å²) in [6.07, 6.45) is 4.77. The zero-order valence-corrected chi connectivity index (χ0v) is 7.94. The second-order valence-corrected chi connectivity index (χ2v) is 3.69. The molecule has 0 amide bonds. The number of rotatable bonds is 2. The average molecular weight is 175 g/mol. The quantitative estimate of drug-likeness (QED) is 0.698. The molecule has 13 heavy (non-hydrogen) atoms. The SMILES string of the molecule is CC(C)Cc1cccn2cnnc12. The zero-order chi connectivity index (χ0) is 9.26. The summed E-state index contributed by atoms with van der Waals surface area (Å²) < 4.78 is 1.96. The van der Waals surface area contributed by atoms with E-state index in [1.807, 2.05) is 16.7 Å². The first-order valence-corrected chi connectivity index (χ1v) is 4.54. The van der Waals surface area contributed by atoms with Gasteiger partial charge in [0.15, 0.2) is 5.65 Å². The van der Waals surface area contributed by atoms with Gasteiger partial charge < -0.3 is 0 Å². The molecule has 2 aromatic heterocycles. The van der Waals surface area contributed by atoms with E-state index >= 15 is 0 Å². The number of fused-ring (bicyclic) bond motifs is 1. The fraction of sp³-hybridized carbons (Fsp3) is 0.400. The normalized spacial score (nSPS) is 11.3. The van der Waals surface area contributed by atoms with Crippen LogP contribution in [0.3, 0.4) is 0 Å². The van der Waals surface area contributed by atoms with Crippen LogP contribution in [0.15, 0.2) is 24.7 Å². The maximum Gasteiger partial charge on any atom is 0.163 e. The van der Waals surface area contributed by atoms with E-state index in [4.69, 9.17) is 0 Å². The summed E-state index contributed by atoms with van der Waals surface area (Å²) in [5, 5.41) is 7.97. The molecule has 0 aliphatic rings. The van der Waals surface area contributed by atoms with E-state index in [9.17, 15) is 0 Å². The minimum absolute atomic E-state index is 0.655. The highest BCUT2D eigenvalue weighted by Crippen LogP contribution is 2.12. The predicted octanol–water partition coefficient (Wildman–Crippen LogP) is 1.93. The molecule has 0 unspecified atom stereocenters. The molecule has 0 aliphatic carbocycles. The third-order valence-electron chi connectivity index (χ3n) is 2.03. The number of hydrogen-bond acceptors (Lipinski definition) is 2. The van der Waals surface area contributed by atoms with Crippen LogP contribution >= 0.6 is 0 Å². The standard InChI is InChI=1S/C10H13N3/c1-8(2)6-9-4-3-5-13-7-11-12-10(9)13/h3-5,7-8H,6H2,1-2H3. The molecule has 0 aromatic carbocycles. The molecule has 2 aromatic rings. The molecule has 68 valence electrons. The van der Waals surface area contributed by atoms with Crippen LogP contribution in [0.5, 0.6) is 0 Å². The lowest BCUT2D eigenvalue weighted by Crippen LogP contribution is -1.97. The zero-order valence-electron chi connectivity index (χ0n) is 7.94. The average Bonchev–Trinajstić information content (AvgIpc) is 2.51. The third-order valence-corrected chi connectivity index (χ3v) is 2.03. The van der Waals surface area contributed by atoms with Crippen LogP contribution in [0, 0.1) is 5.92 Å². The maximum absolute atomic E-state index is 4.08. The Hall–Kier alpha value is -1.38. The van der Waals surface area contributed by atoms with Crippen molar-refractivity contribution < 1.29 is 0 Å². The van der Waals surface area contributed by atoms with E-state index in [0.717, 1.165) is 12.1 Å². The summed E-state index contributed by atoms with van der Waals surface area (Å²) in [4.78, 5) is 0. The van der Waals surface area contributed by atoms with Crippen LogP contribution < -0.4 is 0 Å². The van der Waals surface area contributed by atoms with Crippen molar-refractivity contribution in [2.75, 3.05) is 0 Å². The van der Waals surface area contributed by atoms with Crippen LogP contribution in [0.1, 0.15) is 19.4 Å². The summed E-state index contributed by atoms with van der Waals surface area (Å²) in [5.41, 5.74) is 2.26. The van der Waals surface area contributed by atoms with Crippen molar-refractivity contribution in [1.82, 2.24) is 14.6 Å². The van der Waals surface area contributed by atoms with Gasteiger partial charge in [-0.15, -0.1) is 10.2 Å². The summed E-state index contributed by atoms with van der Waals surface area (Å²) in [6, 6.07) is 4.15. The highest BCUT2D eigenvalue weighted by molar-refractivity contribution is 5.46. The number of hydrogen-bond donors (Lipinski definition) is 0. The van der Waals surface area contributed by atoms with Crippen LogP contribution in [0.25, 0.3) is 5.65 Å². The van der Waals surface area contributed by atoms with Gasteiger partial charge in [0.05, 0.1) is 0 Å². The lowest BCUT2D eigenvalue weighted by molar-refractivity contribution is 0.647. The Morgan fingerprint density at radius 2 is 2.31 bits per heavy atom. The molecule has 0 saturated carbocycles. The molecular weight excluding hydrogens is 162 g/mol. The Morgan fingerprint density at radius 3 is 3.08 bits per heavy atom. The van der Waals surface area contributed by atoms with Gasteiger partial charge in [-0.05, 0) is 24.0 Å². The van der Waals surface area contributed by atoms with Gasteiger partial charge in [-0.2, -0.15) is 0 Å². The molecule has 0 N–H and O–H groups in total. The summed E-state index contributed by atoms with van der Waals surface area (Å²) in [7, 11) is 0. The van der Waals surface area contributed by atoms with Crippen LogP contribution in [-0.4, -0.2) is 14.6 Å². The first-order chi connectivity index (χ1) is 6.27. The van der Waals surface area contributed by atoms with Crippen LogP contribution in [0.2, 0.25) is 0 Å². The van der Waals surface area contributed by atoms with Gasteiger partial charge in [0.2, 0.25) is 0 Å². The van der Waals surface area contributed by atoms with Gasteiger partial charge in [-0.1, -0.05) is 19.9 Å². The van der Waals surface area contributed by atoms with E-state index < -0.39 is 0 Å². The molecule has 2 rings (SSSR count). The van der Waals surface area contributed by atoms with Crippen molar-refractivity contribution in [3.8, 4) is 0 Å². The van der Waals surface area contributed by atoms with Crippen molar-refractivity contribution in [3.63, 3.8) is 0 Å². The second kappa shape index (κ2) is 3.17. The molecule has 0 bridgehead atoms. The van der Waals surface area contributed by atoms with Crippen molar-refractivity contribution in [3.05, 3.63) is 30.2 Å². The Balaban J connectivity index is 2.48. The smallest absolute Gasteiger partial charge is 0.163 e. The Bertz CT molecular complexity index is 403. The summed E-state index contributed by atoms with van der Waals surface area (Å²) in [6.45, 7) is 4.42. The lowest BCUT2D eigenvalue weighted by atomic mass is 10.0. The van der Waals surface area contributed by atoms with Crippen molar-refractivity contribution in [2.45, 2.75) is 20.3 Å². The van der Waals surface area contributed by atoms with Crippen molar-refractivity contribution >= 4 is 5.65 Å². The van der Waals surface area contributed by atoms with Crippen LogP contribution in [0.4, 0.5) is 0 Å². The van der Waals surface area contributed by atoms with Crippen molar-refractivity contribution in [2.24, 2.45) is 5.92 Å². The number of pyridine rings is 1. The fourth-order valence-corrected chi connectivity index (χ4v) is 1.51. The van der Waals surface area contributed by atoms with E-state index in [1.165, 1.54) is 5.56 Å². The molecule has 0 saturated heterocycles. The van der Waals surface area contributed by atoms with Crippen LogP contribution in [-0.2, 0) is 6.42 Å². The predicted molar refractivity (Wildman–Crippen MR) is 51.5 cm³/mol. The van der Waals surface area contributed by atoms with Crippen molar-refractivity contribution in [1.29, 1.82) is 0 Å². The van der Waals surface area contributed by atoms with E-state index in [0.29, 0.717) is 5.92 Å². The molecule has 0 spiro atoms. The third kappa shape index (κ3) is 1.54. The maximum atomic E-state index is 4.08. The Labute approximate surface area is 77.4 Å². The van der Waals surface area contributed by atoms with Gasteiger partial charge in [0, 0.05) is 6.20 Å². The molecule has 0 atom stereocenters. The summed E-state index contributed by atoms with van der Waals surface area (Å²) in [5.74, 6) is 0.655. The molecule has 0 aliphatic heterocycles. The van der Waals surface area contributed by atoms with E-state index in [-0.39, 0.29) is 0 Å². The highest BCUT2D eigenvalue weighted by Gasteiger charge is 2.04. The first kappa shape index (κ1) is 8.23. The number of nitrogens with zero attached hydrogens (tertiary/aromatic N) is 3. The first-order valence-electron chi connectivity index (χ1n) is 4.54. The van der Waals surface area contributed by atoms with Gasteiger partial charge in [0.1, 0.15) is 6.33 Å². The molecule has 0 radical (unpaired) electrons. The monoisotopic (exact) mass is 175 g/mol. The van der Waals surface area contributed by atoms with Gasteiger partial charge in [0.25, 0.3) is 0 Å².